The van der Waals surface area contributed by atoms with Gasteiger partial charge in [-0.2, -0.15) is 0 Å². The largest absolute Gasteiger partial charge is 0.396 e. The van der Waals surface area contributed by atoms with Crippen molar-refractivity contribution < 1.29 is 9.90 Å². The van der Waals surface area contributed by atoms with E-state index in [1.807, 2.05) is 6.92 Å². The summed E-state index contributed by atoms with van der Waals surface area (Å²) in [7, 11) is 0. The minimum Gasteiger partial charge on any atom is -0.396 e. The molecule has 5 heteroatoms. The molecule has 1 heterocycles. The summed E-state index contributed by atoms with van der Waals surface area (Å²) in [6.07, 6.45) is 7.53. The highest BCUT2D eigenvalue weighted by molar-refractivity contribution is 5.90. The summed E-state index contributed by atoms with van der Waals surface area (Å²) in [6.45, 7) is 2.04. The third-order valence-corrected chi connectivity index (χ3v) is 3.73. The zero-order valence-electron chi connectivity index (χ0n) is 11.2. The second-order valence-electron chi connectivity index (χ2n) is 5.12. The number of aliphatic hydroxyl groups is 1. The van der Waals surface area contributed by atoms with Crippen LogP contribution in [0.25, 0.3) is 0 Å². The Hall–Kier alpha value is -1.62. The van der Waals surface area contributed by atoms with Gasteiger partial charge >= 0.3 is 6.03 Å². The van der Waals surface area contributed by atoms with E-state index in [-0.39, 0.29) is 24.6 Å². The number of pyridine rings is 1. The standard InChI is InChI=1S/C14H21N3O2/c1-10-8-15-7-6-12(10)16-14(19)17-13-5-3-2-4-11(13)9-18/h6-8,11,13,18H,2-5,9H2,1H3,(H2,15,16,17,19). The first-order chi connectivity index (χ1) is 9.20. The number of rotatable bonds is 3. The second kappa shape index (κ2) is 6.52. The maximum absolute atomic E-state index is 12.0. The Morgan fingerprint density at radius 3 is 3.00 bits per heavy atom. The molecule has 2 unspecified atom stereocenters. The first-order valence-electron chi connectivity index (χ1n) is 6.79. The van der Waals surface area contributed by atoms with Gasteiger partial charge in [-0.25, -0.2) is 4.79 Å². The van der Waals surface area contributed by atoms with Crippen LogP contribution in [-0.4, -0.2) is 28.8 Å². The molecule has 19 heavy (non-hydrogen) atoms. The van der Waals surface area contributed by atoms with Gasteiger partial charge in [0.15, 0.2) is 0 Å². The molecule has 0 aliphatic heterocycles. The topological polar surface area (TPSA) is 74.2 Å². The fraction of sp³-hybridized carbons (Fsp3) is 0.571. The number of hydrogen-bond acceptors (Lipinski definition) is 3. The predicted molar refractivity (Wildman–Crippen MR) is 74.0 cm³/mol. The Morgan fingerprint density at radius 1 is 1.47 bits per heavy atom. The van der Waals surface area contributed by atoms with Gasteiger partial charge in [0.25, 0.3) is 0 Å². The minimum absolute atomic E-state index is 0.0703. The Kier molecular flexibility index (Phi) is 4.74. The lowest BCUT2D eigenvalue weighted by Crippen LogP contribution is -2.45. The normalized spacial score (nSPS) is 22.8. The van der Waals surface area contributed by atoms with E-state index < -0.39 is 0 Å². The Morgan fingerprint density at radius 2 is 2.26 bits per heavy atom. The lowest BCUT2D eigenvalue weighted by atomic mass is 9.85. The number of aliphatic hydroxyl groups excluding tert-OH is 1. The average Bonchev–Trinajstić information content (AvgIpc) is 2.42. The van der Waals surface area contributed by atoms with E-state index in [2.05, 4.69) is 15.6 Å². The number of hydrogen-bond donors (Lipinski definition) is 3. The summed E-state index contributed by atoms with van der Waals surface area (Å²) < 4.78 is 0. The molecule has 5 nitrogen and oxygen atoms in total. The SMILES string of the molecule is Cc1cnccc1NC(=O)NC1CCCCC1CO. The van der Waals surface area contributed by atoms with Crippen molar-refractivity contribution in [2.24, 2.45) is 5.92 Å². The third-order valence-electron chi connectivity index (χ3n) is 3.73. The van der Waals surface area contributed by atoms with Crippen molar-refractivity contribution in [3.8, 4) is 0 Å². The number of nitrogens with zero attached hydrogens (tertiary/aromatic N) is 1. The molecule has 0 spiro atoms. The molecule has 1 aliphatic carbocycles. The highest BCUT2D eigenvalue weighted by atomic mass is 16.3. The number of nitrogens with one attached hydrogen (secondary N) is 2. The molecule has 0 aromatic carbocycles. The van der Waals surface area contributed by atoms with Crippen LogP contribution < -0.4 is 10.6 Å². The van der Waals surface area contributed by atoms with Crippen molar-refractivity contribution in [3.63, 3.8) is 0 Å². The molecule has 1 aromatic heterocycles. The van der Waals surface area contributed by atoms with Crippen LogP contribution >= 0.6 is 0 Å². The van der Waals surface area contributed by atoms with E-state index in [9.17, 15) is 9.90 Å². The molecular formula is C14H21N3O2. The number of anilines is 1. The van der Waals surface area contributed by atoms with Crippen molar-refractivity contribution in [1.29, 1.82) is 0 Å². The third kappa shape index (κ3) is 3.67. The van der Waals surface area contributed by atoms with Crippen LogP contribution in [0.1, 0.15) is 31.2 Å². The van der Waals surface area contributed by atoms with E-state index in [1.165, 1.54) is 0 Å². The molecular weight excluding hydrogens is 242 g/mol. The maximum Gasteiger partial charge on any atom is 0.319 e. The van der Waals surface area contributed by atoms with Gasteiger partial charge in [-0.05, 0) is 31.4 Å². The van der Waals surface area contributed by atoms with Gasteiger partial charge in [0.1, 0.15) is 0 Å². The molecule has 1 aromatic rings. The summed E-state index contributed by atoms with van der Waals surface area (Å²) >= 11 is 0. The molecule has 1 fully saturated rings. The molecule has 2 atom stereocenters. The van der Waals surface area contributed by atoms with E-state index in [4.69, 9.17) is 0 Å². The van der Waals surface area contributed by atoms with Gasteiger partial charge in [-0.3, -0.25) is 4.98 Å². The van der Waals surface area contributed by atoms with Crippen molar-refractivity contribution >= 4 is 11.7 Å². The van der Waals surface area contributed by atoms with E-state index in [1.54, 1.807) is 18.5 Å². The van der Waals surface area contributed by atoms with Crippen molar-refractivity contribution in [1.82, 2.24) is 10.3 Å². The molecule has 104 valence electrons. The Bertz CT molecular complexity index is 436. The summed E-state index contributed by atoms with van der Waals surface area (Å²) in [4.78, 5) is 16.0. The second-order valence-corrected chi connectivity index (χ2v) is 5.12. The molecule has 0 saturated heterocycles. The van der Waals surface area contributed by atoms with E-state index in [0.29, 0.717) is 0 Å². The summed E-state index contributed by atoms with van der Waals surface area (Å²) in [6, 6.07) is 1.64. The van der Waals surface area contributed by atoms with E-state index in [0.717, 1.165) is 36.9 Å². The molecule has 1 aliphatic rings. The van der Waals surface area contributed by atoms with Gasteiger partial charge in [0.2, 0.25) is 0 Å². The van der Waals surface area contributed by atoms with Crippen LogP contribution in [0.3, 0.4) is 0 Å². The molecule has 0 bridgehead atoms. The van der Waals surface area contributed by atoms with Gasteiger partial charge in [0.05, 0.1) is 0 Å². The summed E-state index contributed by atoms with van der Waals surface area (Å²) in [5.41, 5.74) is 1.70. The van der Waals surface area contributed by atoms with Crippen LogP contribution in [0.5, 0.6) is 0 Å². The number of urea groups is 1. The smallest absolute Gasteiger partial charge is 0.319 e. The molecule has 3 N–H and O–H groups in total. The van der Waals surface area contributed by atoms with Crippen molar-refractivity contribution in [2.45, 2.75) is 38.6 Å². The number of carbonyl (C=O) groups is 1. The monoisotopic (exact) mass is 263 g/mol. The summed E-state index contributed by atoms with van der Waals surface area (Å²) in [5.74, 6) is 0.179. The Balaban J connectivity index is 1.92. The highest BCUT2D eigenvalue weighted by Gasteiger charge is 2.25. The van der Waals surface area contributed by atoms with Crippen LogP contribution in [0.15, 0.2) is 18.5 Å². The zero-order chi connectivity index (χ0) is 13.7. The van der Waals surface area contributed by atoms with E-state index >= 15 is 0 Å². The molecule has 0 radical (unpaired) electrons. The van der Waals surface area contributed by atoms with Crippen LogP contribution in [0, 0.1) is 12.8 Å². The van der Waals surface area contributed by atoms with Crippen LogP contribution in [0.2, 0.25) is 0 Å². The van der Waals surface area contributed by atoms with Gasteiger partial charge in [-0.1, -0.05) is 12.8 Å². The predicted octanol–water partition coefficient (Wildman–Crippen LogP) is 2.06. The Labute approximate surface area is 113 Å². The zero-order valence-corrected chi connectivity index (χ0v) is 11.2. The lowest BCUT2D eigenvalue weighted by molar-refractivity contribution is 0.156. The molecule has 1 saturated carbocycles. The number of carbonyl (C=O) groups excluding carboxylic acids is 1. The fourth-order valence-electron chi connectivity index (χ4n) is 2.56. The number of aromatic nitrogens is 1. The van der Waals surface area contributed by atoms with Crippen LogP contribution in [-0.2, 0) is 0 Å². The number of aryl methyl sites for hydroxylation is 1. The maximum atomic E-state index is 12.0. The number of amides is 2. The first kappa shape index (κ1) is 13.8. The molecule has 2 rings (SSSR count). The minimum atomic E-state index is -0.209. The summed E-state index contributed by atoms with van der Waals surface area (Å²) in [5, 5.41) is 15.1. The van der Waals surface area contributed by atoms with Crippen molar-refractivity contribution in [2.75, 3.05) is 11.9 Å². The van der Waals surface area contributed by atoms with Gasteiger partial charge in [-0.15, -0.1) is 0 Å². The molecule has 2 amide bonds. The lowest BCUT2D eigenvalue weighted by Gasteiger charge is -2.30. The quantitative estimate of drug-likeness (QED) is 0.781. The van der Waals surface area contributed by atoms with Gasteiger partial charge < -0.3 is 15.7 Å². The average molecular weight is 263 g/mol. The van der Waals surface area contributed by atoms with Crippen LogP contribution in [0.4, 0.5) is 10.5 Å². The van der Waals surface area contributed by atoms with Crippen molar-refractivity contribution in [3.05, 3.63) is 24.0 Å². The fourth-order valence-corrected chi connectivity index (χ4v) is 2.56. The van der Waals surface area contributed by atoms with Gasteiger partial charge in [0, 0.05) is 36.6 Å². The highest BCUT2D eigenvalue weighted by Crippen LogP contribution is 2.24. The first-order valence-corrected chi connectivity index (χ1v) is 6.79.